The van der Waals surface area contributed by atoms with E-state index in [0.717, 1.165) is 6.20 Å². The van der Waals surface area contributed by atoms with Crippen LogP contribution in [0.3, 0.4) is 0 Å². The van der Waals surface area contributed by atoms with Gasteiger partial charge in [-0.15, -0.1) is 0 Å². The number of aromatic nitrogens is 4. The van der Waals surface area contributed by atoms with Crippen LogP contribution in [0.15, 0.2) is 49.3 Å². The van der Waals surface area contributed by atoms with Crippen molar-refractivity contribution in [1.29, 1.82) is 0 Å². The minimum atomic E-state index is -0.593. The van der Waals surface area contributed by atoms with Gasteiger partial charge in [0, 0.05) is 18.5 Å². The lowest BCUT2D eigenvalue weighted by atomic mass is 10.2. The van der Waals surface area contributed by atoms with Gasteiger partial charge in [-0.3, -0.25) is 24.5 Å². The van der Waals surface area contributed by atoms with Crippen LogP contribution in [0.2, 0.25) is 0 Å². The van der Waals surface area contributed by atoms with Gasteiger partial charge in [0.1, 0.15) is 18.3 Å². The summed E-state index contributed by atoms with van der Waals surface area (Å²) in [4.78, 5) is 34.6. The number of aryl methyl sites for hydroxylation is 1. The molecule has 3 aromatic heterocycles. The number of imidazole rings is 1. The van der Waals surface area contributed by atoms with Gasteiger partial charge in [0.15, 0.2) is 0 Å². The molecule has 0 atom stereocenters. The third kappa shape index (κ3) is 3.09. The normalized spacial score (nSPS) is 10.4. The quantitative estimate of drug-likeness (QED) is 0.580. The number of carbonyl (C=O) groups excluding carboxylic acids is 1. The summed E-state index contributed by atoms with van der Waals surface area (Å²) < 4.78 is 1.72. The molecule has 0 unspecified atom stereocenters. The molecule has 0 fully saturated rings. The molecule has 0 aromatic carbocycles. The maximum Gasteiger partial charge on any atom is 0.288 e. The topological polar surface area (TPSA) is 116 Å². The zero-order valence-corrected chi connectivity index (χ0v) is 12.6. The number of hydrogen-bond acceptors (Lipinski definition) is 6. The standard InChI is InChI=1S/C15H12N6O3/c1-10-13(6-12(8-17-10)21(23)24)15(22)19-11-2-3-14(18-7-11)20-5-4-16-9-20/h2-9H,1H3,(H,19,22). The Morgan fingerprint density at radius 1 is 1.29 bits per heavy atom. The highest BCUT2D eigenvalue weighted by Crippen LogP contribution is 2.17. The predicted octanol–water partition coefficient (Wildman–Crippen LogP) is 2.13. The molecular formula is C15H12N6O3. The number of amides is 1. The summed E-state index contributed by atoms with van der Waals surface area (Å²) in [7, 11) is 0. The molecule has 0 aliphatic rings. The van der Waals surface area contributed by atoms with Crippen LogP contribution < -0.4 is 5.32 Å². The number of nitrogens with zero attached hydrogens (tertiary/aromatic N) is 5. The van der Waals surface area contributed by atoms with Crippen LogP contribution in [0.1, 0.15) is 16.1 Å². The lowest BCUT2D eigenvalue weighted by Gasteiger charge is -2.08. The van der Waals surface area contributed by atoms with E-state index >= 15 is 0 Å². The van der Waals surface area contributed by atoms with Gasteiger partial charge in [-0.05, 0) is 19.1 Å². The molecule has 3 aromatic rings. The van der Waals surface area contributed by atoms with Crippen molar-refractivity contribution < 1.29 is 9.72 Å². The molecule has 0 radical (unpaired) electrons. The van der Waals surface area contributed by atoms with Crippen LogP contribution >= 0.6 is 0 Å². The van der Waals surface area contributed by atoms with E-state index in [9.17, 15) is 14.9 Å². The number of anilines is 1. The molecule has 0 saturated heterocycles. The molecule has 0 aliphatic heterocycles. The Balaban J connectivity index is 1.80. The fourth-order valence-electron chi connectivity index (χ4n) is 2.06. The van der Waals surface area contributed by atoms with E-state index in [1.165, 1.54) is 12.3 Å². The first-order valence-electron chi connectivity index (χ1n) is 6.91. The van der Waals surface area contributed by atoms with E-state index in [4.69, 9.17) is 0 Å². The molecule has 0 saturated carbocycles. The second kappa shape index (κ2) is 6.24. The van der Waals surface area contributed by atoms with Crippen molar-refractivity contribution in [3.63, 3.8) is 0 Å². The molecule has 1 amide bonds. The van der Waals surface area contributed by atoms with E-state index in [1.807, 2.05) is 0 Å². The number of nitrogens with one attached hydrogen (secondary N) is 1. The first-order valence-corrected chi connectivity index (χ1v) is 6.91. The lowest BCUT2D eigenvalue weighted by Crippen LogP contribution is -2.14. The number of rotatable bonds is 4. The summed E-state index contributed by atoms with van der Waals surface area (Å²) in [6, 6.07) is 4.60. The molecular weight excluding hydrogens is 312 g/mol. The van der Waals surface area contributed by atoms with Crippen LogP contribution in [0.4, 0.5) is 11.4 Å². The van der Waals surface area contributed by atoms with Gasteiger partial charge < -0.3 is 5.32 Å². The number of hydrogen-bond donors (Lipinski definition) is 1. The SMILES string of the molecule is Cc1ncc([N+](=O)[O-])cc1C(=O)Nc1ccc(-n2ccnc2)nc1. The van der Waals surface area contributed by atoms with Crippen molar-refractivity contribution in [2.75, 3.05) is 5.32 Å². The minimum absolute atomic E-state index is 0.142. The zero-order valence-electron chi connectivity index (χ0n) is 12.6. The highest BCUT2D eigenvalue weighted by Gasteiger charge is 2.16. The van der Waals surface area contributed by atoms with Crippen molar-refractivity contribution in [3.8, 4) is 5.82 Å². The molecule has 9 nitrogen and oxygen atoms in total. The molecule has 0 aliphatic carbocycles. The molecule has 9 heteroatoms. The Labute approximate surface area is 136 Å². The number of nitro groups is 1. The smallest absolute Gasteiger partial charge is 0.288 e. The summed E-state index contributed by atoms with van der Waals surface area (Å²) in [5, 5.41) is 13.5. The molecule has 0 spiro atoms. The maximum atomic E-state index is 12.3. The van der Waals surface area contributed by atoms with Crippen molar-refractivity contribution in [1.82, 2.24) is 19.5 Å². The average Bonchev–Trinajstić information content (AvgIpc) is 3.10. The Bertz CT molecular complexity index is 890. The van der Waals surface area contributed by atoms with Gasteiger partial charge in [0.05, 0.1) is 28.1 Å². The Morgan fingerprint density at radius 2 is 2.12 bits per heavy atom. The van der Waals surface area contributed by atoms with Crippen LogP contribution in [0.5, 0.6) is 0 Å². The largest absolute Gasteiger partial charge is 0.321 e. The fraction of sp³-hybridized carbons (Fsp3) is 0.0667. The summed E-state index contributed by atoms with van der Waals surface area (Å²) >= 11 is 0. The molecule has 24 heavy (non-hydrogen) atoms. The van der Waals surface area contributed by atoms with Gasteiger partial charge >= 0.3 is 0 Å². The second-order valence-corrected chi connectivity index (χ2v) is 4.91. The molecule has 3 heterocycles. The Morgan fingerprint density at radius 3 is 2.75 bits per heavy atom. The van der Waals surface area contributed by atoms with Gasteiger partial charge in [0.2, 0.25) is 0 Å². The van der Waals surface area contributed by atoms with Crippen LogP contribution in [-0.4, -0.2) is 30.3 Å². The van der Waals surface area contributed by atoms with Gasteiger partial charge in [-0.1, -0.05) is 0 Å². The van der Waals surface area contributed by atoms with Gasteiger partial charge in [-0.25, -0.2) is 9.97 Å². The van der Waals surface area contributed by atoms with Crippen LogP contribution in [0, 0.1) is 17.0 Å². The molecule has 3 rings (SSSR count). The number of pyridine rings is 2. The van der Waals surface area contributed by atoms with Crippen molar-refractivity contribution >= 4 is 17.3 Å². The highest BCUT2D eigenvalue weighted by molar-refractivity contribution is 6.05. The summed E-state index contributed by atoms with van der Waals surface area (Å²) in [5.41, 5.74) is 0.776. The monoisotopic (exact) mass is 324 g/mol. The first kappa shape index (κ1) is 15.3. The Kier molecular flexibility index (Phi) is 3.98. The zero-order chi connectivity index (χ0) is 17.1. The second-order valence-electron chi connectivity index (χ2n) is 4.91. The van der Waals surface area contributed by atoms with E-state index in [2.05, 4.69) is 20.3 Å². The molecule has 0 bridgehead atoms. The van der Waals surface area contributed by atoms with Crippen molar-refractivity contribution in [3.05, 3.63) is 70.7 Å². The maximum absolute atomic E-state index is 12.3. The summed E-state index contributed by atoms with van der Waals surface area (Å²) in [6.45, 7) is 1.61. The third-order valence-corrected chi connectivity index (χ3v) is 3.30. The van der Waals surface area contributed by atoms with Crippen LogP contribution in [-0.2, 0) is 0 Å². The van der Waals surface area contributed by atoms with Crippen molar-refractivity contribution in [2.24, 2.45) is 0 Å². The minimum Gasteiger partial charge on any atom is -0.321 e. The van der Waals surface area contributed by atoms with E-state index < -0.39 is 10.8 Å². The van der Waals surface area contributed by atoms with Crippen molar-refractivity contribution in [2.45, 2.75) is 6.92 Å². The number of carbonyl (C=O) groups is 1. The summed E-state index contributed by atoms with van der Waals surface area (Å²) in [6.07, 6.45) is 7.60. The van der Waals surface area contributed by atoms with Crippen LogP contribution in [0.25, 0.3) is 5.82 Å². The van der Waals surface area contributed by atoms with Gasteiger partial charge in [-0.2, -0.15) is 0 Å². The molecule has 1 N–H and O–H groups in total. The van der Waals surface area contributed by atoms with E-state index in [1.54, 1.807) is 42.3 Å². The highest BCUT2D eigenvalue weighted by atomic mass is 16.6. The first-order chi connectivity index (χ1) is 11.5. The van der Waals surface area contributed by atoms with E-state index in [0.29, 0.717) is 17.2 Å². The fourth-order valence-corrected chi connectivity index (χ4v) is 2.06. The third-order valence-electron chi connectivity index (χ3n) is 3.30. The summed E-state index contributed by atoms with van der Waals surface area (Å²) in [5.74, 6) is 0.166. The Hall–Kier alpha value is -3.62. The predicted molar refractivity (Wildman–Crippen MR) is 84.9 cm³/mol. The van der Waals surface area contributed by atoms with E-state index in [-0.39, 0.29) is 11.3 Å². The lowest BCUT2D eigenvalue weighted by molar-refractivity contribution is -0.385. The van der Waals surface area contributed by atoms with Gasteiger partial charge in [0.25, 0.3) is 11.6 Å². The molecule has 120 valence electrons. The average molecular weight is 324 g/mol.